The van der Waals surface area contributed by atoms with Crippen molar-refractivity contribution >= 4 is 23.4 Å². The number of carbonyl (C=O) groups is 2. The number of piperazine rings is 2. The van der Waals surface area contributed by atoms with Crippen LogP contribution in [0, 0.1) is 0 Å². The van der Waals surface area contributed by atoms with Crippen LogP contribution in [0.15, 0.2) is 48.5 Å². The van der Waals surface area contributed by atoms with Crippen molar-refractivity contribution in [3.63, 3.8) is 0 Å². The first-order valence-corrected chi connectivity index (χ1v) is 11.3. The topological polar surface area (TPSA) is 80.0 Å². The van der Waals surface area contributed by atoms with E-state index in [0.29, 0.717) is 0 Å². The van der Waals surface area contributed by atoms with E-state index >= 15 is 0 Å². The molecule has 8 heteroatoms. The van der Waals surface area contributed by atoms with Gasteiger partial charge in [0.15, 0.2) is 0 Å². The minimum Gasteiger partial charge on any atom is -0.322 e. The SMILES string of the molecule is CN1CCN(C(=O)Nc2ccc(Cc3ccc(NC(=O)N4CCNCC4)cc3)cc2)CC1. The second-order valence-corrected chi connectivity index (χ2v) is 8.46. The van der Waals surface area contributed by atoms with Gasteiger partial charge < -0.3 is 30.7 Å². The van der Waals surface area contributed by atoms with Crippen LogP contribution in [-0.2, 0) is 6.42 Å². The lowest BCUT2D eigenvalue weighted by atomic mass is 10.0. The Morgan fingerprint density at radius 2 is 1.16 bits per heavy atom. The third kappa shape index (κ3) is 5.99. The van der Waals surface area contributed by atoms with E-state index in [2.05, 4.69) is 27.9 Å². The summed E-state index contributed by atoms with van der Waals surface area (Å²) in [5, 5.41) is 9.21. The maximum atomic E-state index is 12.4. The highest BCUT2D eigenvalue weighted by molar-refractivity contribution is 5.90. The maximum Gasteiger partial charge on any atom is 0.321 e. The van der Waals surface area contributed by atoms with E-state index < -0.39 is 0 Å². The number of likely N-dealkylation sites (N-methyl/N-ethyl adjacent to an activating group) is 1. The Morgan fingerprint density at radius 3 is 1.62 bits per heavy atom. The van der Waals surface area contributed by atoms with Crippen molar-refractivity contribution in [3.8, 4) is 0 Å². The molecule has 3 N–H and O–H groups in total. The van der Waals surface area contributed by atoms with Crippen LogP contribution in [0.1, 0.15) is 11.1 Å². The van der Waals surface area contributed by atoms with E-state index in [4.69, 9.17) is 0 Å². The standard InChI is InChI=1S/C24H32N6O2/c1-28-14-16-30(17-15-28)24(32)27-22-8-4-20(5-9-22)18-19-2-6-21(7-3-19)26-23(31)29-12-10-25-11-13-29/h2-9,25H,10-18H2,1H3,(H,26,31)(H,27,32). The number of benzene rings is 2. The highest BCUT2D eigenvalue weighted by atomic mass is 16.2. The Hall–Kier alpha value is -3.10. The van der Waals surface area contributed by atoms with Gasteiger partial charge >= 0.3 is 12.1 Å². The molecule has 0 spiro atoms. The van der Waals surface area contributed by atoms with Gasteiger partial charge in [0, 0.05) is 63.7 Å². The second kappa shape index (κ2) is 10.5. The lowest BCUT2D eigenvalue weighted by Crippen LogP contribution is -2.48. The molecule has 8 nitrogen and oxygen atoms in total. The molecular formula is C24H32N6O2. The molecule has 0 atom stereocenters. The van der Waals surface area contributed by atoms with Gasteiger partial charge in [-0.2, -0.15) is 0 Å². The number of rotatable bonds is 4. The summed E-state index contributed by atoms with van der Waals surface area (Å²) in [6.45, 7) is 6.47. The highest BCUT2D eigenvalue weighted by Gasteiger charge is 2.19. The van der Waals surface area contributed by atoms with Gasteiger partial charge in [0.1, 0.15) is 0 Å². The molecule has 2 fully saturated rings. The number of amides is 4. The van der Waals surface area contributed by atoms with Crippen LogP contribution < -0.4 is 16.0 Å². The van der Waals surface area contributed by atoms with E-state index in [-0.39, 0.29) is 12.1 Å². The summed E-state index contributed by atoms with van der Waals surface area (Å²) in [6.07, 6.45) is 0.790. The fourth-order valence-electron chi connectivity index (χ4n) is 3.93. The van der Waals surface area contributed by atoms with Crippen LogP contribution in [0.5, 0.6) is 0 Å². The quantitative estimate of drug-likeness (QED) is 0.688. The number of nitrogens with zero attached hydrogens (tertiary/aromatic N) is 3. The lowest BCUT2D eigenvalue weighted by Gasteiger charge is -2.32. The fraction of sp³-hybridized carbons (Fsp3) is 0.417. The molecule has 2 aromatic carbocycles. The lowest BCUT2D eigenvalue weighted by molar-refractivity contribution is 0.164. The Balaban J connectivity index is 1.26. The smallest absolute Gasteiger partial charge is 0.321 e. The molecule has 2 aromatic rings. The second-order valence-electron chi connectivity index (χ2n) is 8.46. The van der Waals surface area contributed by atoms with Gasteiger partial charge in [-0.05, 0) is 48.9 Å². The fourth-order valence-corrected chi connectivity index (χ4v) is 3.93. The van der Waals surface area contributed by atoms with Crippen molar-refractivity contribution in [2.75, 3.05) is 70.0 Å². The zero-order valence-corrected chi connectivity index (χ0v) is 18.6. The molecule has 0 saturated carbocycles. The van der Waals surface area contributed by atoms with Gasteiger partial charge in [-0.25, -0.2) is 9.59 Å². The molecule has 0 aromatic heterocycles. The number of urea groups is 2. The first kappa shape index (κ1) is 22.1. The van der Waals surface area contributed by atoms with Crippen molar-refractivity contribution in [2.45, 2.75) is 6.42 Å². The molecule has 4 amide bonds. The Bertz CT molecular complexity index is 901. The van der Waals surface area contributed by atoms with E-state index in [0.717, 1.165) is 70.2 Å². The number of hydrogen-bond acceptors (Lipinski definition) is 4. The van der Waals surface area contributed by atoms with Gasteiger partial charge in [0.05, 0.1) is 0 Å². The molecule has 170 valence electrons. The summed E-state index contributed by atoms with van der Waals surface area (Å²) in [4.78, 5) is 30.7. The van der Waals surface area contributed by atoms with Crippen LogP contribution in [0.25, 0.3) is 0 Å². The average molecular weight is 437 g/mol. The monoisotopic (exact) mass is 436 g/mol. The van der Waals surface area contributed by atoms with Gasteiger partial charge in [-0.3, -0.25) is 0 Å². The Labute approximate surface area is 189 Å². The third-order valence-corrected chi connectivity index (χ3v) is 6.01. The molecule has 0 bridgehead atoms. The molecule has 0 unspecified atom stereocenters. The van der Waals surface area contributed by atoms with Crippen LogP contribution in [0.2, 0.25) is 0 Å². The predicted molar refractivity (Wildman–Crippen MR) is 127 cm³/mol. The Morgan fingerprint density at radius 1 is 0.719 bits per heavy atom. The number of anilines is 2. The van der Waals surface area contributed by atoms with Crippen molar-refractivity contribution < 1.29 is 9.59 Å². The van der Waals surface area contributed by atoms with Gasteiger partial charge in [0.2, 0.25) is 0 Å². The third-order valence-electron chi connectivity index (χ3n) is 6.01. The summed E-state index contributed by atoms with van der Waals surface area (Å²) >= 11 is 0. The van der Waals surface area contributed by atoms with Crippen molar-refractivity contribution in [2.24, 2.45) is 0 Å². The molecule has 32 heavy (non-hydrogen) atoms. The van der Waals surface area contributed by atoms with Gasteiger partial charge in [-0.15, -0.1) is 0 Å². The zero-order valence-electron chi connectivity index (χ0n) is 18.6. The number of hydrogen-bond donors (Lipinski definition) is 3. The number of carbonyl (C=O) groups excluding carboxylic acids is 2. The molecule has 2 aliphatic heterocycles. The molecule has 0 radical (unpaired) electrons. The van der Waals surface area contributed by atoms with E-state index in [1.165, 1.54) is 11.1 Å². The molecule has 2 aliphatic rings. The highest BCUT2D eigenvalue weighted by Crippen LogP contribution is 2.17. The van der Waals surface area contributed by atoms with E-state index in [1.54, 1.807) is 0 Å². The molecular weight excluding hydrogens is 404 g/mol. The molecule has 0 aliphatic carbocycles. The predicted octanol–water partition coefficient (Wildman–Crippen LogP) is 2.49. The van der Waals surface area contributed by atoms with Crippen molar-refractivity contribution in [3.05, 3.63) is 59.7 Å². The van der Waals surface area contributed by atoms with E-state index in [1.807, 2.05) is 58.3 Å². The average Bonchev–Trinajstić information content (AvgIpc) is 2.82. The summed E-state index contributed by atoms with van der Waals surface area (Å²) < 4.78 is 0. The summed E-state index contributed by atoms with van der Waals surface area (Å²) in [7, 11) is 2.07. The van der Waals surface area contributed by atoms with Crippen LogP contribution >= 0.6 is 0 Å². The van der Waals surface area contributed by atoms with Gasteiger partial charge in [-0.1, -0.05) is 24.3 Å². The first-order chi connectivity index (χ1) is 15.6. The van der Waals surface area contributed by atoms with Crippen molar-refractivity contribution in [1.29, 1.82) is 0 Å². The minimum atomic E-state index is -0.0477. The molecule has 2 heterocycles. The number of nitrogens with one attached hydrogen (secondary N) is 3. The van der Waals surface area contributed by atoms with Crippen LogP contribution in [0.3, 0.4) is 0 Å². The minimum absolute atomic E-state index is 0.0377. The van der Waals surface area contributed by atoms with Gasteiger partial charge in [0.25, 0.3) is 0 Å². The summed E-state index contributed by atoms with van der Waals surface area (Å²) in [5.74, 6) is 0. The van der Waals surface area contributed by atoms with Crippen LogP contribution in [0.4, 0.5) is 21.0 Å². The zero-order chi connectivity index (χ0) is 22.3. The van der Waals surface area contributed by atoms with Crippen LogP contribution in [-0.4, -0.2) is 86.2 Å². The Kier molecular flexibility index (Phi) is 7.24. The largest absolute Gasteiger partial charge is 0.322 e. The normalized spacial score (nSPS) is 17.2. The van der Waals surface area contributed by atoms with Crippen molar-refractivity contribution in [1.82, 2.24) is 20.0 Å². The first-order valence-electron chi connectivity index (χ1n) is 11.3. The molecule has 2 saturated heterocycles. The summed E-state index contributed by atoms with van der Waals surface area (Å²) in [6, 6.07) is 15.9. The van der Waals surface area contributed by atoms with E-state index in [9.17, 15) is 9.59 Å². The molecule has 4 rings (SSSR count). The summed E-state index contributed by atoms with van der Waals surface area (Å²) in [5.41, 5.74) is 3.95. The maximum absolute atomic E-state index is 12.4.